The fourth-order valence-corrected chi connectivity index (χ4v) is 4.30. The molecule has 1 aliphatic rings. The molecule has 4 rings (SSSR count). The Bertz CT molecular complexity index is 1200. The first kappa shape index (κ1) is 23.2. The fourth-order valence-electron chi connectivity index (χ4n) is 3.51. The first-order valence-electron chi connectivity index (χ1n) is 10.1. The zero-order valence-corrected chi connectivity index (χ0v) is 18.6. The number of fused-ring (bicyclic) bond motifs is 1. The van der Waals surface area contributed by atoms with Gasteiger partial charge in [-0.25, -0.2) is 4.98 Å². The first-order valence-corrected chi connectivity index (χ1v) is 10.9. The Morgan fingerprint density at radius 3 is 2.58 bits per heavy atom. The van der Waals surface area contributed by atoms with Crippen LogP contribution < -0.4 is 15.0 Å². The van der Waals surface area contributed by atoms with Gasteiger partial charge in [0.25, 0.3) is 5.56 Å². The number of aliphatic hydroxyl groups is 1. The van der Waals surface area contributed by atoms with Gasteiger partial charge in [-0.3, -0.25) is 9.36 Å². The molecule has 0 saturated heterocycles. The van der Waals surface area contributed by atoms with Crippen molar-refractivity contribution in [1.29, 1.82) is 0 Å². The molecule has 0 aliphatic carbocycles. The van der Waals surface area contributed by atoms with Crippen LogP contribution in [0.1, 0.15) is 25.8 Å². The van der Waals surface area contributed by atoms with E-state index < -0.39 is 12.0 Å². The molecule has 0 radical (unpaired) electrons. The van der Waals surface area contributed by atoms with E-state index >= 15 is 0 Å². The van der Waals surface area contributed by atoms with Gasteiger partial charge in [-0.2, -0.15) is 0 Å². The third kappa shape index (κ3) is 5.51. The molecule has 33 heavy (non-hydrogen) atoms. The van der Waals surface area contributed by atoms with Gasteiger partial charge in [-0.1, -0.05) is 11.8 Å². The Hall–Kier alpha value is -2.98. The number of ether oxygens (including phenoxy) is 2. The van der Waals surface area contributed by atoms with Crippen molar-refractivity contribution >= 4 is 11.8 Å². The van der Waals surface area contributed by atoms with Gasteiger partial charge in [0.05, 0.1) is 5.60 Å². The molecule has 1 aromatic heterocycles. The van der Waals surface area contributed by atoms with E-state index in [9.17, 15) is 23.1 Å². The number of rotatable bonds is 5. The maximum atomic E-state index is 13.0. The van der Waals surface area contributed by atoms with Crippen LogP contribution in [0.2, 0.25) is 0 Å². The molecule has 2 aromatic carbocycles. The molecule has 0 bridgehead atoms. The minimum atomic E-state index is -4.77. The van der Waals surface area contributed by atoms with Crippen molar-refractivity contribution in [2.45, 2.75) is 54.7 Å². The minimum absolute atomic E-state index is 0.179. The average Bonchev–Trinajstić information content (AvgIpc) is 2.74. The molecule has 0 amide bonds. The van der Waals surface area contributed by atoms with E-state index in [2.05, 4.69) is 9.72 Å². The number of aryl methyl sites for hydroxylation is 1. The predicted molar refractivity (Wildman–Crippen MR) is 116 cm³/mol. The summed E-state index contributed by atoms with van der Waals surface area (Å²) in [4.78, 5) is 17.7. The van der Waals surface area contributed by atoms with Gasteiger partial charge in [0.1, 0.15) is 17.6 Å². The lowest BCUT2D eigenvalue weighted by atomic mass is 9.92. The van der Waals surface area contributed by atoms with E-state index in [1.54, 1.807) is 32.2 Å². The standard InChI is InChI=1S/C23H21F3N2O4S/c1-22(2,30)19-10-3-14-13-15(4-9-18(14)31-19)28-12-11-27-20(21(28)29)33-17-7-5-16(6-8-17)32-23(24,25)26/h4-9,11-13,19,30H,3,10H2,1-2H3. The third-order valence-corrected chi connectivity index (χ3v) is 6.12. The molecule has 6 nitrogen and oxygen atoms in total. The second kappa shape index (κ2) is 8.75. The second-order valence-corrected chi connectivity index (χ2v) is 9.18. The van der Waals surface area contributed by atoms with Crippen LogP contribution in [0.25, 0.3) is 5.69 Å². The van der Waals surface area contributed by atoms with Gasteiger partial charge in [-0.15, -0.1) is 13.2 Å². The van der Waals surface area contributed by atoms with Crippen molar-refractivity contribution in [3.63, 3.8) is 0 Å². The molecular formula is C23H21F3N2O4S. The molecule has 0 fully saturated rings. The largest absolute Gasteiger partial charge is 0.573 e. The zero-order valence-electron chi connectivity index (χ0n) is 17.8. The summed E-state index contributed by atoms with van der Waals surface area (Å²) in [7, 11) is 0. The lowest BCUT2D eigenvalue weighted by molar-refractivity contribution is -0.274. The molecular weight excluding hydrogens is 457 g/mol. The minimum Gasteiger partial charge on any atom is -0.487 e. The fraction of sp³-hybridized carbons (Fsp3) is 0.304. The Labute approximate surface area is 192 Å². The van der Waals surface area contributed by atoms with Crippen LogP contribution in [-0.2, 0) is 6.42 Å². The monoisotopic (exact) mass is 478 g/mol. The predicted octanol–water partition coefficient (Wildman–Crippen LogP) is 4.75. The summed E-state index contributed by atoms with van der Waals surface area (Å²) in [6, 6.07) is 10.6. The average molecular weight is 478 g/mol. The Morgan fingerprint density at radius 2 is 1.91 bits per heavy atom. The smallest absolute Gasteiger partial charge is 0.487 e. The highest BCUT2D eigenvalue weighted by molar-refractivity contribution is 7.99. The van der Waals surface area contributed by atoms with Gasteiger partial charge in [0, 0.05) is 23.0 Å². The van der Waals surface area contributed by atoms with Crippen LogP contribution in [0.4, 0.5) is 13.2 Å². The highest BCUT2D eigenvalue weighted by atomic mass is 32.2. The Morgan fingerprint density at radius 1 is 1.18 bits per heavy atom. The van der Waals surface area contributed by atoms with E-state index in [1.165, 1.54) is 35.0 Å². The number of hydrogen-bond acceptors (Lipinski definition) is 6. The van der Waals surface area contributed by atoms with Crippen molar-refractivity contribution in [2.75, 3.05) is 0 Å². The normalized spacial score (nSPS) is 16.1. The number of aromatic nitrogens is 2. The molecule has 1 atom stereocenters. The Balaban J connectivity index is 1.55. The lowest BCUT2D eigenvalue weighted by Gasteiger charge is -2.34. The van der Waals surface area contributed by atoms with Crippen molar-refractivity contribution in [2.24, 2.45) is 0 Å². The molecule has 0 saturated carbocycles. The SMILES string of the molecule is CC(C)(O)C1CCc2cc(-n3ccnc(Sc4ccc(OC(F)(F)F)cc4)c3=O)ccc2O1. The molecule has 2 heterocycles. The highest BCUT2D eigenvalue weighted by Gasteiger charge is 2.32. The van der Waals surface area contributed by atoms with Crippen LogP contribution in [0.5, 0.6) is 11.5 Å². The maximum absolute atomic E-state index is 13.0. The van der Waals surface area contributed by atoms with E-state index in [4.69, 9.17) is 4.74 Å². The molecule has 174 valence electrons. The second-order valence-electron chi connectivity index (χ2n) is 8.12. The molecule has 1 unspecified atom stereocenters. The van der Waals surface area contributed by atoms with Crippen LogP contribution in [0.3, 0.4) is 0 Å². The van der Waals surface area contributed by atoms with Gasteiger partial charge in [0.2, 0.25) is 0 Å². The molecule has 1 aliphatic heterocycles. The van der Waals surface area contributed by atoms with Crippen molar-refractivity contribution < 1.29 is 27.8 Å². The van der Waals surface area contributed by atoms with E-state index in [0.717, 1.165) is 17.3 Å². The highest BCUT2D eigenvalue weighted by Crippen LogP contribution is 2.33. The Kier molecular flexibility index (Phi) is 6.15. The maximum Gasteiger partial charge on any atom is 0.573 e. The van der Waals surface area contributed by atoms with Crippen molar-refractivity contribution in [1.82, 2.24) is 9.55 Å². The molecule has 1 N–H and O–H groups in total. The molecule has 0 spiro atoms. The van der Waals surface area contributed by atoms with Crippen molar-refractivity contribution in [3.05, 3.63) is 70.8 Å². The summed E-state index contributed by atoms with van der Waals surface area (Å²) < 4.78 is 48.2. The molecule has 3 aromatic rings. The number of alkyl halides is 3. The zero-order chi connectivity index (χ0) is 23.8. The summed E-state index contributed by atoms with van der Waals surface area (Å²) in [5.74, 6) is 0.336. The number of halogens is 3. The summed E-state index contributed by atoms with van der Waals surface area (Å²) in [5, 5.41) is 10.4. The van der Waals surface area contributed by atoms with E-state index in [0.29, 0.717) is 29.2 Å². The molecule has 10 heteroatoms. The summed E-state index contributed by atoms with van der Waals surface area (Å²) in [5.41, 5.74) is 0.263. The number of hydrogen-bond donors (Lipinski definition) is 1. The number of benzene rings is 2. The third-order valence-electron chi connectivity index (χ3n) is 5.14. The van der Waals surface area contributed by atoms with E-state index in [1.807, 2.05) is 6.07 Å². The van der Waals surface area contributed by atoms with Crippen LogP contribution in [-0.4, -0.2) is 32.7 Å². The van der Waals surface area contributed by atoms with Crippen molar-refractivity contribution in [3.8, 4) is 17.2 Å². The summed E-state index contributed by atoms with van der Waals surface area (Å²) in [6.07, 6.45) is -0.678. The quantitative estimate of drug-likeness (QED) is 0.571. The van der Waals surface area contributed by atoms with Crippen LogP contribution in [0.15, 0.2) is 69.6 Å². The van der Waals surface area contributed by atoms with Crippen LogP contribution in [0, 0.1) is 0 Å². The number of nitrogens with zero attached hydrogens (tertiary/aromatic N) is 2. The van der Waals surface area contributed by atoms with Gasteiger partial charge in [-0.05, 0) is 74.7 Å². The topological polar surface area (TPSA) is 73.6 Å². The van der Waals surface area contributed by atoms with E-state index in [-0.39, 0.29) is 22.4 Å². The lowest BCUT2D eigenvalue weighted by Crippen LogP contribution is -2.42. The summed E-state index contributed by atoms with van der Waals surface area (Å²) in [6.45, 7) is 3.42. The first-order chi connectivity index (χ1) is 15.5. The van der Waals surface area contributed by atoms with Gasteiger partial charge in [0.15, 0.2) is 5.03 Å². The van der Waals surface area contributed by atoms with Crippen LogP contribution >= 0.6 is 11.8 Å². The van der Waals surface area contributed by atoms with Gasteiger partial charge >= 0.3 is 6.36 Å². The summed E-state index contributed by atoms with van der Waals surface area (Å²) >= 11 is 1.05. The van der Waals surface area contributed by atoms with Gasteiger partial charge < -0.3 is 14.6 Å².